The molecule has 0 bridgehead atoms. The summed E-state index contributed by atoms with van der Waals surface area (Å²) in [5, 5.41) is 4.51. The molecule has 0 saturated carbocycles. The van der Waals surface area contributed by atoms with Crippen molar-refractivity contribution in [1.82, 2.24) is 4.90 Å². The molecule has 2 aromatic rings. The molecule has 2 aliphatic heterocycles. The number of piperidine rings is 1. The molecule has 0 aliphatic carbocycles. The van der Waals surface area contributed by atoms with Crippen LogP contribution in [0.4, 0.5) is 11.4 Å². The van der Waals surface area contributed by atoms with Crippen molar-refractivity contribution in [1.29, 1.82) is 0 Å². The molecule has 1 saturated heterocycles. The molecule has 2 heterocycles. The number of para-hydroxylation sites is 1. The molecule has 4 heteroatoms. The lowest BCUT2D eigenvalue weighted by Crippen LogP contribution is -2.48. The van der Waals surface area contributed by atoms with Gasteiger partial charge in [-0.2, -0.15) is 0 Å². The zero-order valence-corrected chi connectivity index (χ0v) is 18.3. The van der Waals surface area contributed by atoms with Gasteiger partial charge in [-0.25, -0.2) is 0 Å². The first-order chi connectivity index (χ1) is 13.5. The second-order valence-electron chi connectivity index (χ2n) is 8.25. The number of rotatable bonds is 3. The van der Waals surface area contributed by atoms with E-state index < -0.39 is 0 Å². The van der Waals surface area contributed by atoms with Crippen LogP contribution in [0.2, 0.25) is 0 Å². The van der Waals surface area contributed by atoms with Gasteiger partial charge in [-0.3, -0.25) is 0 Å². The van der Waals surface area contributed by atoms with E-state index in [0.29, 0.717) is 12.0 Å². The molecular formula is C24H31N3S. The first kappa shape index (κ1) is 19.4. The van der Waals surface area contributed by atoms with Crippen molar-refractivity contribution in [3.8, 4) is 0 Å². The fourth-order valence-electron chi connectivity index (χ4n) is 4.92. The quantitative estimate of drug-likeness (QED) is 0.729. The first-order valence-electron chi connectivity index (χ1n) is 10.5. The highest BCUT2D eigenvalue weighted by Gasteiger charge is 2.42. The van der Waals surface area contributed by atoms with E-state index in [1.807, 2.05) is 0 Å². The molecular weight excluding hydrogens is 362 g/mol. The molecule has 0 radical (unpaired) electrons. The smallest absolute Gasteiger partial charge is 0.178 e. The molecule has 4 rings (SSSR count). The van der Waals surface area contributed by atoms with E-state index in [2.05, 4.69) is 79.3 Å². The van der Waals surface area contributed by atoms with Crippen molar-refractivity contribution in [3.05, 3.63) is 58.7 Å². The zero-order valence-electron chi connectivity index (χ0n) is 17.5. The van der Waals surface area contributed by atoms with Crippen molar-refractivity contribution >= 4 is 28.7 Å². The molecule has 148 valence electrons. The Hall–Kier alpha value is -1.91. The molecule has 2 aromatic carbocycles. The summed E-state index contributed by atoms with van der Waals surface area (Å²) in [6, 6.07) is 13.9. The normalized spacial score (nSPS) is 21.4. The Bertz CT molecular complexity index is 869. The van der Waals surface area contributed by atoms with E-state index in [4.69, 9.17) is 12.2 Å². The summed E-state index contributed by atoms with van der Waals surface area (Å²) in [5.74, 6) is 0.528. The predicted octanol–water partition coefficient (Wildman–Crippen LogP) is 5.12. The number of anilines is 2. The van der Waals surface area contributed by atoms with Crippen LogP contribution < -0.4 is 10.2 Å². The van der Waals surface area contributed by atoms with Gasteiger partial charge in [-0.15, -0.1) is 0 Å². The third-order valence-corrected chi connectivity index (χ3v) is 6.70. The highest BCUT2D eigenvalue weighted by Crippen LogP contribution is 2.45. The van der Waals surface area contributed by atoms with E-state index in [1.165, 1.54) is 33.6 Å². The van der Waals surface area contributed by atoms with Crippen LogP contribution >= 0.6 is 12.2 Å². The monoisotopic (exact) mass is 393 g/mol. The van der Waals surface area contributed by atoms with Gasteiger partial charge in [0, 0.05) is 29.9 Å². The summed E-state index contributed by atoms with van der Waals surface area (Å²) in [7, 11) is 2.23. The summed E-state index contributed by atoms with van der Waals surface area (Å²) >= 11 is 6.02. The molecule has 0 spiro atoms. The standard InChI is InChI=1S/C24H31N3S/c1-5-17-8-7-9-18(6-2)23(17)25-24(28)27-21-11-10-16(3)14-19(21)20-15-26(4)13-12-22(20)27/h7-11,14,20,22H,5-6,12-13,15H2,1-4H3,(H,25,28). The molecule has 2 atom stereocenters. The minimum atomic E-state index is 0.451. The Balaban J connectivity index is 1.70. The Morgan fingerprint density at radius 1 is 1.14 bits per heavy atom. The fraction of sp³-hybridized carbons (Fsp3) is 0.458. The molecule has 1 fully saturated rings. The number of benzene rings is 2. The van der Waals surface area contributed by atoms with Crippen LogP contribution in [-0.2, 0) is 12.8 Å². The van der Waals surface area contributed by atoms with E-state index in [-0.39, 0.29) is 0 Å². The maximum Gasteiger partial charge on any atom is 0.178 e. The lowest BCUT2D eigenvalue weighted by Gasteiger charge is -2.37. The maximum atomic E-state index is 6.02. The molecule has 2 aliphatic rings. The van der Waals surface area contributed by atoms with Gasteiger partial charge in [0.25, 0.3) is 0 Å². The summed E-state index contributed by atoms with van der Waals surface area (Å²) in [6.07, 6.45) is 3.16. The average molecular weight is 394 g/mol. The summed E-state index contributed by atoms with van der Waals surface area (Å²) in [5.41, 5.74) is 7.97. The second kappa shape index (κ2) is 7.84. The van der Waals surface area contributed by atoms with Crippen LogP contribution in [0.3, 0.4) is 0 Å². The highest BCUT2D eigenvalue weighted by molar-refractivity contribution is 7.80. The van der Waals surface area contributed by atoms with Gasteiger partial charge in [0.05, 0.1) is 0 Å². The van der Waals surface area contributed by atoms with Crippen molar-refractivity contribution in [2.45, 2.75) is 52.0 Å². The van der Waals surface area contributed by atoms with Crippen molar-refractivity contribution in [2.75, 3.05) is 30.4 Å². The van der Waals surface area contributed by atoms with E-state index in [9.17, 15) is 0 Å². The van der Waals surface area contributed by atoms with Crippen LogP contribution in [0, 0.1) is 6.92 Å². The van der Waals surface area contributed by atoms with Gasteiger partial charge >= 0.3 is 0 Å². The lowest BCUT2D eigenvalue weighted by molar-refractivity contribution is 0.237. The summed E-state index contributed by atoms with van der Waals surface area (Å²) in [4.78, 5) is 4.86. The Morgan fingerprint density at radius 2 is 1.86 bits per heavy atom. The number of thiocarbonyl (C=S) groups is 1. The summed E-state index contributed by atoms with van der Waals surface area (Å²) in [6.45, 7) is 8.84. The number of fused-ring (bicyclic) bond motifs is 3. The summed E-state index contributed by atoms with van der Waals surface area (Å²) < 4.78 is 0. The van der Waals surface area contributed by atoms with Gasteiger partial charge < -0.3 is 15.1 Å². The minimum absolute atomic E-state index is 0.451. The number of aryl methyl sites for hydroxylation is 3. The Labute approximate surface area is 174 Å². The molecule has 0 amide bonds. The van der Waals surface area contributed by atoms with Gasteiger partial charge in [0.2, 0.25) is 0 Å². The molecule has 2 unspecified atom stereocenters. The molecule has 0 aromatic heterocycles. The topological polar surface area (TPSA) is 18.5 Å². The van der Waals surface area contributed by atoms with Crippen molar-refractivity contribution in [3.63, 3.8) is 0 Å². The van der Waals surface area contributed by atoms with Crippen LogP contribution in [0.1, 0.15) is 48.4 Å². The van der Waals surface area contributed by atoms with Gasteiger partial charge in [0.1, 0.15) is 0 Å². The van der Waals surface area contributed by atoms with Gasteiger partial charge in [-0.05, 0) is 74.8 Å². The number of nitrogens with zero attached hydrogens (tertiary/aromatic N) is 2. The zero-order chi connectivity index (χ0) is 19.8. The predicted molar refractivity (Wildman–Crippen MR) is 124 cm³/mol. The van der Waals surface area contributed by atoms with Gasteiger partial charge in [0.15, 0.2) is 5.11 Å². The van der Waals surface area contributed by atoms with E-state index >= 15 is 0 Å². The highest BCUT2D eigenvalue weighted by atomic mass is 32.1. The second-order valence-corrected chi connectivity index (χ2v) is 8.63. The van der Waals surface area contributed by atoms with Crippen molar-refractivity contribution < 1.29 is 0 Å². The Morgan fingerprint density at radius 3 is 2.54 bits per heavy atom. The third kappa shape index (κ3) is 3.33. The third-order valence-electron chi connectivity index (χ3n) is 6.40. The minimum Gasteiger partial charge on any atom is -0.332 e. The number of hydrogen-bond donors (Lipinski definition) is 1. The maximum absolute atomic E-state index is 6.02. The van der Waals surface area contributed by atoms with Crippen LogP contribution in [0.15, 0.2) is 36.4 Å². The van der Waals surface area contributed by atoms with E-state index in [1.54, 1.807) is 0 Å². The first-order valence-corrected chi connectivity index (χ1v) is 10.9. The van der Waals surface area contributed by atoms with Gasteiger partial charge in [-0.1, -0.05) is 49.7 Å². The number of likely N-dealkylation sites (tertiary alicyclic amines) is 1. The molecule has 1 N–H and O–H groups in total. The molecule has 3 nitrogen and oxygen atoms in total. The SMILES string of the molecule is CCc1cccc(CC)c1NC(=S)N1c2ccc(C)cc2C2CN(C)CCC21. The largest absolute Gasteiger partial charge is 0.332 e. The number of nitrogens with one attached hydrogen (secondary N) is 1. The average Bonchev–Trinajstić information content (AvgIpc) is 3.01. The van der Waals surface area contributed by atoms with Crippen LogP contribution in [0.5, 0.6) is 0 Å². The number of hydrogen-bond acceptors (Lipinski definition) is 2. The van der Waals surface area contributed by atoms with Crippen LogP contribution in [-0.4, -0.2) is 36.2 Å². The van der Waals surface area contributed by atoms with E-state index in [0.717, 1.165) is 37.5 Å². The van der Waals surface area contributed by atoms with Crippen molar-refractivity contribution in [2.24, 2.45) is 0 Å². The van der Waals surface area contributed by atoms with Crippen LogP contribution in [0.25, 0.3) is 0 Å². The lowest BCUT2D eigenvalue weighted by atomic mass is 9.89. The Kier molecular flexibility index (Phi) is 5.44. The fourth-order valence-corrected chi connectivity index (χ4v) is 5.25. The molecule has 28 heavy (non-hydrogen) atoms. The number of likely N-dealkylation sites (N-methyl/N-ethyl adjacent to an activating group) is 1.